The van der Waals surface area contributed by atoms with Gasteiger partial charge < -0.3 is 31.3 Å². The zero-order valence-corrected chi connectivity index (χ0v) is 17.3. The van der Waals surface area contributed by atoms with Crippen LogP contribution in [-0.4, -0.2) is 54.7 Å². The van der Waals surface area contributed by atoms with E-state index in [1.54, 1.807) is 19.1 Å². The average Bonchev–Trinajstić information content (AvgIpc) is 2.75. The maximum Gasteiger partial charge on any atom is 0.255 e. The normalized spacial score (nSPS) is 31.2. The van der Waals surface area contributed by atoms with Gasteiger partial charge in [-0.25, -0.2) is 0 Å². The highest BCUT2D eigenvalue weighted by Gasteiger charge is 2.64. The Morgan fingerprint density at radius 3 is 2.55 bits per heavy atom. The lowest BCUT2D eigenvalue weighted by molar-refractivity contribution is -0.154. The summed E-state index contributed by atoms with van der Waals surface area (Å²) in [5.74, 6) is -9.12. The van der Waals surface area contributed by atoms with Crippen LogP contribution in [0.1, 0.15) is 40.7 Å². The van der Waals surface area contributed by atoms with Crippen LogP contribution in [-0.2, 0) is 9.59 Å². The number of benzene rings is 1. The Bertz CT molecular complexity index is 1270. The van der Waals surface area contributed by atoms with Crippen LogP contribution in [0.25, 0.3) is 6.08 Å². The molecule has 0 unspecified atom stereocenters. The summed E-state index contributed by atoms with van der Waals surface area (Å²) in [7, 11) is 0. The third-order valence-electron chi connectivity index (χ3n) is 6.87. The van der Waals surface area contributed by atoms with Crippen LogP contribution in [0.2, 0.25) is 0 Å². The Hall–Kier alpha value is -3.94. The summed E-state index contributed by atoms with van der Waals surface area (Å²) < 4.78 is 0. The van der Waals surface area contributed by atoms with E-state index in [9.17, 15) is 39.9 Å². The molecule has 1 aromatic carbocycles. The summed E-state index contributed by atoms with van der Waals surface area (Å²) in [5.41, 5.74) is 1.19. The van der Waals surface area contributed by atoms with Gasteiger partial charge in [0.15, 0.2) is 11.4 Å². The van der Waals surface area contributed by atoms with Crippen molar-refractivity contribution in [2.24, 2.45) is 17.6 Å². The number of hydrogen-bond acceptors (Lipinski definition) is 9. The molecule has 10 heteroatoms. The molecule has 0 spiro atoms. The maximum atomic E-state index is 13.4. The standard InChI is InChI=1S/C23H20N2O8/c1-8-10-5-4-9(3-2-6-24)17(27)14(10)19(29)16-13(8)18(28)11-7-12(26)15(22(25)32)20(30)23(11,33)21(16)31/h2-5,8,11,13,18,26-28,31,33H,7H2,1H3,(H2,25,32)/b3-2+/t8-,11+,13+,18+,23+/m0/s1. The summed E-state index contributed by atoms with van der Waals surface area (Å²) in [5, 5.41) is 63.0. The van der Waals surface area contributed by atoms with Crippen molar-refractivity contribution in [3.63, 3.8) is 0 Å². The Balaban J connectivity index is 1.98. The van der Waals surface area contributed by atoms with Crippen LogP contribution >= 0.6 is 0 Å². The van der Waals surface area contributed by atoms with E-state index in [-0.39, 0.29) is 11.1 Å². The first-order valence-corrected chi connectivity index (χ1v) is 10.1. The zero-order chi connectivity index (χ0) is 24.4. The Morgan fingerprint density at radius 2 is 1.94 bits per heavy atom. The molecule has 0 radical (unpaired) electrons. The number of allylic oxidation sites excluding steroid dienone is 2. The number of ketones is 2. The van der Waals surface area contributed by atoms with Crippen LogP contribution in [0.15, 0.2) is 40.9 Å². The number of nitriles is 1. The molecule has 10 nitrogen and oxygen atoms in total. The van der Waals surface area contributed by atoms with E-state index in [0.717, 1.165) is 6.08 Å². The van der Waals surface area contributed by atoms with Crippen LogP contribution in [0.4, 0.5) is 0 Å². The molecule has 170 valence electrons. The van der Waals surface area contributed by atoms with E-state index < -0.39 is 81.8 Å². The van der Waals surface area contributed by atoms with Crippen molar-refractivity contribution in [2.75, 3.05) is 0 Å². The predicted octanol–water partition coefficient (Wildman–Crippen LogP) is 0.649. The minimum Gasteiger partial charge on any atom is -0.511 e. The fraction of sp³-hybridized carbons (Fsp3) is 0.304. The van der Waals surface area contributed by atoms with E-state index in [1.165, 1.54) is 12.1 Å². The number of amides is 1. The number of hydrogen-bond donors (Lipinski definition) is 6. The lowest BCUT2D eigenvalue weighted by atomic mass is 9.56. The number of aliphatic hydroxyl groups is 4. The van der Waals surface area contributed by atoms with Crippen LogP contribution in [0.5, 0.6) is 5.75 Å². The SMILES string of the molecule is C[C@H]1c2ccc(/C=C/C#N)c(O)c2C(=O)C2=C(O)[C@]3(O)C(=O)C(C(N)=O)=C(O)C[C@@H]3[C@@H](O)[C@@H]21. The highest BCUT2D eigenvalue weighted by Crippen LogP contribution is 2.55. The fourth-order valence-electron chi connectivity index (χ4n) is 5.27. The number of rotatable bonds is 2. The molecule has 3 aliphatic rings. The first kappa shape index (κ1) is 22.3. The Labute approximate surface area is 187 Å². The number of primary amides is 1. The molecule has 7 N–H and O–H groups in total. The number of phenols is 1. The molecule has 0 saturated carbocycles. The summed E-state index contributed by atoms with van der Waals surface area (Å²) in [6.07, 6.45) is 0.269. The van der Waals surface area contributed by atoms with E-state index in [1.807, 2.05) is 0 Å². The number of fused-ring (bicyclic) bond motifs is 3. The lowest BCUT2D eigenvalue weighted by Crippen LogP contribution is -2.62. The maximum absolute atomic E-state index is 13.4. The van der Waals surface area contributed by atoms with E-state index in [2.05, 4.69) is 0 Å². The van der Waals surface area contributed by atoms with Gasteiger partial charge in [0.25, 0.3) is 5.91 Å². The molecule has 4 rings (SSSR count). The van der Waals surface area contributed by atoms with Crippen LogP contribution in [0, 0.1) is 23.2 Å². The van der Waals surface area contributed by atoms with Gasteiger partial charge in [-0.3, -0.25) is 14.4 Å². The quantitative estimate of drug-likeness (QED) is 0.275. The van der Waals surface area contributed by atoms with Gasteiger partial charge in [-0.1, -0.05) is 19.1 Å². The third kappa shape index (κ3) is 2.76. The summed E-state index contributed by atoms with van der Waals surface area (Å²) in [6, 6.07) is 4.80. The second-order valence-electron chi connectivity index (χ2n) is 8.42. The highest BCUT2D eigenvalue weighted by molar-refractivity contribution is 6.24. The summed E-state index contributed by atoms with van der Waals surface area (Å²) >= 11 is 0. The minimum atomic E-state index is -2.87. The van der Waals surface area contributed by atoms with E-state index in [4.69, 9.17) is 11.0 Å². The molecular weight excluding hydrogens is 432 g/mol. The van der Waals surface area contributed by atoms with Crippen molar-refractivity contribution in [3.8, 4) is 11.8 Å². The molecule has 0 heterocycles. The smallest absolute Gasteiger partial charge is 0.255 e. The Kier molecular flexibility index (Phi) is 4.92. The van der Waals surface area contributed by atoms with Crippen molar-refractivity contribution in [3.05, 3.63) is 57.6 Å². The largest absolute Gasteiger partial charge is 0.511 e. The van der Waals surface area contributed by atoms with Gasteiger partial charge in [-0.05, 0) is 17.6 Å². The molecule has 3 aliphatic carbocycles. The van der Waals surface area contributed by atoms with Gasteiger partial charge in [0.1, 0.15) is 22.8 Å². The topological polar surface area (TPSA) is 202 Å². The molecule has 1 amide bonds. The van der Waals surface area contributed by atoms with Gasteiger partial charge in [-0.2, -0.15) is 5.26 Å². The molecule has 5 atom stereocenters. The summed E-state index contributed by atoms with van der Waals surface area (Å²) in [6.45, 7) is 1.64. The van der Waals surface area contributed by atoms with Crippen molar-refractivity contribution in [2.45, 2.75) is 31.0 Å². The molecule has 0 aromatic heterocycles. The van der Waals surface area contributed by atoms with Crippen molar-refractivity contribution in [1.82, 2.24) is 0 Å². The monoisotopic (exact) mass is 452 g/mol. The van der Waals surface area contributed by atoms with Crippen LogP contribution in [0.3, 0.4) is 0 Å². The second kappa shape index (κ2) is 7.30. The van der Waals surface area contributed by atoms with Gasteiger partial charge >= 0.3 is 0 Å². The van der Waals surface area contributed by atoms with Gasteiger partial charge in [0.2, 0.25) is 5.78 Å². The zero-order valence-electron chi connectivity index (χ0n) is 17.3. The molecule has 0 bridgehead atoms. The molecule has 1 aromatic rings. The molecule has 33 heavy (non-hydrogen) atoms. The second-order valence-corrected chi connectivity index (χ2v) is 8.42. The first-order chi connectivity index (χ1) is 15.5. The van der Waals surface area contributed by atoms with Crippen molar-refractivity contribution < 1.29 is 39.9 Å². The number of aromatic hydroxyl groups is 1. The van der Waals surface area contributed by atoms with Gasteiger partial charge in [0, 0.05) is 35.5 Å². The predicted molar refractivity (Wildman–Crippen MR) is 112 cm³/mol. The van der Waals surface area contributed by atoms with Crippen molar-refractivity contribution in [1.29, 1.82) is 5.26 Å². The summed E-state index contributed by atoms with van der Waals surface area (Å²) in [4.78, 5) is 38.1. The third-order valence-corrected chi connectivity index (χ3v) is 6.87. The van der Waals surface area contributed by atoms with E-state index in [0.29, 0.717) is 5.56 Å². The average molecular weight is 452 g/mol. The molecule has 0 saturated heterocycles. The number of carbonyl (C=O) groups is 3. The highest BCUT2D eigenvalue weighted by atomic mass is 16.4. The first-order valence-electron chi connectivity index (χ1n) is 10.1. The number of nitrogens with two attached hydrogens (primary N) is 1. The lowest BCUT2D eigenvalue weighted by Gasteiger charge is -2.50. The molecule has 0 fully saturated rings. The Morgan fingerprint density at radius 1 is 1.27 bits per heavy atom. The van der Waals surface area contributed by atoms with Gasteiger partial charge in [0.05, 0.1) is 17.7 Å². The fourth-order valence-corrected chi connectivity index (χ4v) is 5.27. The number of phenolic OH excluding ortho intramolecular Hbond substituents is 1. The minimum absolute atomic E-state index is 0.153. The number of carbonyl (C=O) groups excluding carboxylic acids is 3. The molecule has 0 aliphatic heterocycles. The number of nitrogens with zero attached hydrogens (tertiary/aromatic N) is 1. The van der Waals surface area contributed by atoms with Crippen LogP contribution < -0.4 is 5.73 Å². The van der Waals surface area contributed by atoms with E-state index >= 15 is 0 Å². The van der Waals surface area contributed by atoms with Crippen molar-refractivity contribution >= 4 is 23.5 Å². The number of Topliss-reactive ketones (excluding diaryl/α,β-unsaturated/α-hetero) is 2. The number of aliphatic hydroxyl groups excluding tert-OH is 3. The molecular formula is C23H20N2O8. The van der Waals surface area contributed by atoms with Gasteiger partial charge in [-0.15, -0.1) is 0 Å².